The quantitative estimate of drug-likeness (QED) is 0.631. The minimum Gasteiger partial charge on any atom is -0.504 e. The molecule has 1 N–H and O–H groups in total. The van der Waals surface area contributed by atoms with Crippen molar-refractivity contribution in [3.05, 3.63) is 95.6 Å². The fraction of sp³-hybridized carbons (Fsp3) is 0.240. The molecule has 1 fully saturated rings. The molecule has 0 amide bonds. The summed E-state index contributed by atoms with van der Waals surface area (Å²) in [6, 6.07) is 27.0. The Labute approximate surface area is 177 Å². The van der Waals surface area contributed by atoms with Gasteiger partial charge in [0.25, 0.3) is 0 Å². The van der Waals surface area contributed by atoms with Crippen molar-refractivity contribution in [1.29, 1.82) is 0 Å². The Bertz CT molecular complexity index is 929. The molecule has 3 aromatic carbocycles. The Kier molecular flexibility index (Phi) is 6.30. The summed E-state index contributed by atoms with van der Waals surface area (Å²) in [6.07, 6.45) is 1.71. The van der Waals surface area contributed by atoms with Gasteiger partial charge in [0.1, 0.15) is 0 Å². The molecule has 0 saturated carbocycles. The van der Waals surface area contributed by atoms with E-state index in [1.165, 1.54) is 11.1 Å². The summed E-state index contributed by atoms with van der Waals surface area (Å²) in [4.78, 5) is 2.51. The van der Waals surface area contributed by atoms with Gasteiger partial charge in [-0.3, -0.25) is 9.91 Å². The van der Waals surface area contributed by atoms with Gasteiger partial charge in [-0.15, -0.1) is 0 Å². The van der Waals surface area contributed by atoms with E-state index in [0.717, 1.165) is 26.2 Å². The van der Waals surface area contributed by atoms with Crippen molar-refractivity contribution in [2.75, 3.05) is 33.3 Å². The molecule has 0 atom stereocenters. The molecule has 0 aromatic heterocycles. The number of piperazine rings is 1. The van der Waals surface area contributed by atoms with Gasteiger partial charge in [0.2, 0.25) is 0 Å². The SMILES string of the molecule is COc1cccc(C=NN2CCN(C(c3ccccc3)c3ccccc3)CC2)c1O. The number of phenols is 1. The smallest absolute Gasteiger partial charge is 0.166 e. The van der Waals surface area contributed by atoms with E-state index in [1.807, 2.05) is 12.1 Å². The second-order valence-corrected chi connectivity index (χ2v) is 7.36. The number of rotatable bonds is 6. The number of benzene rings is 3. The number of phenolic OH excluding ortho intramolecular Hbond substituents is 1. The predicted octanol–water partition coefficient (Wildman–Crippen LogP) is 4.14. The van der Waals surface area contributed by atoms with Crippen LogP contribution in [-0.4, -0.2) is 54.5 Å². The van der Waals surface area contributed by atoms with Crippen LogP contribution in [0, 0.1) is 0 Å². The lowest BCUT2D eigenvalue weighted by molar-refractivity contribution is 0.113. The highest BCUT2D eigenvalue weighted by molar-refractivity contribution is 5.84. The zero-order chi connectivity index (χ0) is 20.8. The van der Waals surface area contributed by atoms with E-state index < -0.39 is 0 Å². The van der Waals surface area contributed by atoms with Crippen molar-refractivity contribution >= 4 is 6.21 Å². The fourth-order valence-corrected chi connectivity index (χ4v) is 3.92. The number of nitrogens with zero attached hydrogens (tertiary/aromatic N) is 3. The van der Waals surface area contributed by atoms with E-state index in [0.29, 0.717) is 11.3 Å². The average Bonchev–Trinajstić information content (AvgIpc) is 2.81. The highest BCUT2D eigenvalue weighted by atomic mass is 16.5. The van der Waals surface area contributed by atoms with E-state index >= 15 is 0 Å². The van der Waals surface area contributed by atoms with Crippen molar-refractivity contribution in [2.45, 2.75) is 6.04 Å². The number of aromatic hydroxyl groups is 1. The number of hydrogen-bond donors (Lipinski definition) is 1. The van der Waals surface area contributed by atoms with E-state index in [9.17, 15) is 5.11 Å². The molecule has 4 rings (SSSR count). The van der Waals surface area contributed by atoms with E-state index in [4.69, 9.17) is 4.74 Å². The fourth-order valence-electron chi connectivity index (χ4n) is 3.92. The van der Waals surface area contributed by atoms with E-state index in [-0.39, 0.29) is 11.8 Å². The van der Waals surface area contributed by atoms with Crippen molar-refractivity contribution in [3.63, 3.8) is 0 Å². The second-order valence-electron chi connectivity index (χ2n) is 7.36. The summed E-state index contributed by atoms with van der Waals surface area (Å²) < 4.78 is 5.17. The topological polar surface area (TPSA) is 48.3 Å². The minimum atomic E-state index is 0.121. The van der Waals surface area contributed by atoms with Crippen LogP contribution in [0.3, 0.4) is 0 Å². The monoisotopic (exact) mass is 401 g/mol. The summed E-state index contributed by atoms with van der Waals surface area (Å²) >= 11 is 0. The highest BCUT2D eigenvalue weighted by Gasteiger charge is 2.25. The summed E-state index contributed by atoms with van der Waals surface area (Å²) in [5.41, 5.74) is 3.27. The molecule has 0 radical (unpaired) electrons. The van der Waals surface area contributed by atoms with Gasteiger partial charge in [0.15, 0.2) is 11.5 Å². The Morgan fingerprint density at radius 1 is 0.833 bits per heavy atom. The van der Waals surface area contributed by atoms with Crippen LogP contribution in [0.5, 0.6) is 11.5 Å². The molecule has 0 aliphatic carbocycles. The third-order valence-corrected chi connectivity index (χ3v) is 5.50. The van der Waals surface area contributed by atoms with Gasteiger partial charge >= 0.3 is 0 Å². The summed E-state index contributed by atoms with van der Waals surface area (Å²) in [7, 11) is 1.55. The van der Waals surface area contributed by atoms with Crippen LogP contribution in [0.1, 0.15) is 22.7 Å². The van der Waals surface area contributed by atoms with Crippen LogP contribution >= 0.6 is 0 Å². The first-order valence-corrected chi connectivity index (χ1v) is 10.2. The summed E-state index contributed by atoms with van der Waals surface area (Å²) in [5.74, 6) is 0.577. The predicted molar refractivity (Wildman–Crippen MR) is 120 cm³/mol. The van der Waals surface area contributed by atoms with Gasteiger partial charge in [-0.2, -0.15) is 5.10 Å². The summed E-state index contributed by atoms with van der Waals surface area (Å²) in [5, 5.41) is 16.9. The number of para-hydroxylation sites is 1. The molecule has 1 saturated heterocycles. The maximum absolute atomic E-state index is 10.2. The normalized spacial score (nSPS) is 15.1. The van der Waals surface area contributed by atoms with Gasteiger partial charge in [-0.25, -0.2) is 0 Å². The van der Waals surface area contributed by atoms with Crippen molar-refractivity contribution in [3.8, 4) is 11.5 Å². The molecule has 1 heterocycles. The lowest BCUT2D eigenvalue weighted by Gasteiger charge is -2.38. The first kappa shape index (κ1) is 20.0. The van der Waals surface area contributed by atoms with Crippen LogP contribution in [-0.2, 0) is 0 Å². The minimum absolute atomic E-state index is 0.121. The standard InChI is InChI=1S/C25H27N3O2/c1-30-23-14-8-13-22(25(23)29)19-26-28-17-15-27(16-18-28)24(20-9-4-2-5-10-20)21-11-6-3-7-12-21/h2-14,19,24,29H,15-18H2,1H3. The van der Waals surface area contributed by atoms with E-state index in [2.05, 4.69) is 75.7 Å². The Hall–Kier alpha value is -3.31. The van der Waals surface area contributed by atoms with Gasteiger partial charge in [0.05, 0.1) is 19.4 Å². The Balaban J connectivity index is 1.46. The molecule has 0 bridgehead atoms. The maximum Gasteiger partial charge on any atom is 0.166 e. The molecule has 0 spiro atoms. The third-order valence-electron chi connectivity index (χ3n) is 5.50. The molecule has 5 heteroatoms. The van der Waals surface area contributed by atoms with Crippen LogP contribution in [0.4, 0.5) is 0 Å². The third kappa shape index (κ3) is 4.47. The average molecular weight is 402 g/mol. The highest BCUT2D eigenvalue weighted by Crippen LogP contribution is 2.30. The van der Waals surface area contributed by atoms with Gasteiger partial charge in [0, 0.05) is 31.7 Å². The molecule has 1 aliphatic heterocycles. The molecule has 30 heavy (non-hydrogen) atoms. The van der Waals surface area contributed by atoms with Crippen LogP contribution in [0.25, 0.3) is 0 Å². The van der Waals surface area contributed by atoms with Crippen molar-refractivity contribution in [2.24, 2.45) is 5.10 Å². The molecule has 5 nitrogen and oxygen atoms in total. The van der Waals surface area contributed by atoms with Crippen molar-refractivity contribution < 1.29 is 9.84 Å². The number of hydrogen-bond acceptors (Lipinski definition) is 5. The zero-order valence-corrected chi connectivity index (χ0v) is 17.2. The van der Waals surface area contributed by atoms with Crippen molar-refractivity contribution in [1.82, 2.24) is 9.91 Å². The second kappa shape index (κ2) is 9.46. The summed E-state index contributed by atoms with van der Waals surface area (Å²) in [6.45, 7) is 3.49. The lowest BCUT2D eigenvalue weighted by atomic mass is 9.96. The first-order chi connectivity index (χ1) is 14.8. The molecular formula is C25H27N3O2. The van der Waals surface area contributed by atoms with Crippen LogP contribution in [0.2, 0.25) is 0 Å². The number of hydrazone groups is 1. The zero-order valence-electron chi connectivity index (χ0n) is 17.2. The van der Waals surface area contributed by atoms with Gasteiger partial charge in [-0.1, -0.05) is 66.7 Å². The molecule has 3 aromatic rings. The molecule has 154 valence electrons. The number of ether oxygens (including phenoxy) is 1. The maximum atomic E-state index is 10.2. The number of methoxy groups -OCH3 is 1. The lowest BCUT2D eigenvalue weighted by Crippen LogP contribution is -2.45. The molecule has 1 aliphatic rings. The molecule has 0 unspecified atom stereocenters. The first-order valence-electron chi connectivity index (χ1n) is 10.2. The Morgan fingerprint density at radius 2 is 1.43 bits per heavy atom. The van der Waals surface area contributed by atoms with Gasteiger partial charge in [-0.05, 0) is 23.3 Å². The van der Waals surface area contributed by atoms with Gasteiger partial charge < -0.3 is 9.84 Å². The van der Waals surface area contributed by atoms with Crippen LogP contribution in [0.15, 0.2) is 84.0 Å². The van der Waals surface area contributed by atoms with Crippen LogP contribution < -0.4 is 4.74 Å². The molecular weight excluding hydrogens is 374 g/mol. The van der Waals surface area contributed by atoms with E-state index in [1.54, 1.807) is 19.4 Å². The Morgan fingerprint density at radius 3 is 2.00 bits per heavy atom. The largest absolute Gasteiger partial charge is 0.504 e.